The van der Waals surface area contributed by atoms with Crippen LogP contribution in [0.5, 0.6) is 0 Å². The SMILES string of the molecule is C.C.C.C.CC1C(=O)OC(=O)C1CC1(C)CCOC1=O. The number of cyclic esters (lactones) is 3. The molecule has 0 aromatic carbocycles. The molecule has 5 heteroatoms. The first-order valence-corrected chi connectivity index (χ1v) is 5.37. The lowest BCUT2D eigenvalue weighted by Gasteiger charge is -2.22. The summed E-state index contributed by atoms with van der Waals surface area (Å²) in [6.45, 7) is 3.81. The smallest absolute Gasteiger partial charge is 0.317 e. The molecule has 3 atom stereocenters. The average Bonchev–Trinajstić information content (AvgIpc) is 2.64. The number of esters is 3. The van der Waals surface area contributed by atoms with Gasteiger partial charge in [-0.05, 0) is 19.8 Å². The van der Waals surface area contributed by atoms with Crippen LogP contribution in [0.2, 0.25) is 0 Å². The van der Waals surface area contributed by atoms with E-state index in [1.807, 2.05) is 0 Å². The van der Waals surface area contributed by atoms with E-state index < -0.39 is 29.2 Å². The molecule has 2 fully saturated rings. The Balaban J connectivity index is -0.000000722. The molecule has 0 aromatic heterocycles. The second-order valence-electron chi connectivity index (χ2n) is 4.79. The summed E-state index contributed by atoms with van der Waals surface area (Å²) < 4.78 is 9.45. The summed E-state index contributed by atoms with van der Waals surface area (Å²) in [5.74, 6) is -2.27. The number of carbonyl (C=O) groups is 3. The van der Waals surface area contributed by atoms with E-state index >= 15 is 0 Å². The van der Waals surface area contributed by atoms with E-state index in [9.17, 15) is 14.4 Å². The highest BCUT2D eigenvalue weighted by molar-refractivity contribution is 5.96. The van der Waals surface area contributed by atoms with Crippen LogP contribution in [-0.4, -0.2) is 24.5 Å². The number of carbonyl (C=O) groups excluding carboxylic acids is 3. The van der Waals surface area contributed by atoms with E-state index in [1.165, 1.54) is 0 Å². The molecule has 0 aromatic rings. The molecule has 120 valence electrons. The fourth-order valence-corrected chi connectivity index (χ4v) is 2.21. The average molecular weight is 290 g/mol. The van der Waals surface area contributed by atoms with Crippen molar-refractivity contribution >= 4 is 17.9 Å². The quantitative estimate of drug-likeness (QED) is 0.577. The Labute approximate surface area is 123 Å². The summed E-state index contributed by atoms with van der Waals surface area (Å²) in [6.07, 6.45) is 0.925. The molecule has 0 bridgehead atoms. The van der Waals surface area contributed by atoms with Gasteiger partial charge in [-0.25, -0.2) is 0 Å². The van der Waals surface area contributed by atoms with Crippen LogP contribution < -0.4 is 0 Å². The van der Waals surface area contributed by atoms with Crippen molar-refractivity contribution in [2.75, 3.05) is 6.61 Å². The Kier molecular flexibility index (Phi) is 9.50. The summed E-state index contributed by atoms with van der Waals surface area (Å²) in [6, 6.07) is 0. The van der Waals surface area contributed by atoms with Gasteiger partial charge in [0, 0.05) is 0 Å². The van der Waals surface area contributed by atoms with Crippen molar-refractivity contribution < 1.29 is 23.9 Å². The van der Waals surface area contributed by atoms with E-state index in [4.69, 9.17) is 4.74 Å². The molecule has 5 nitrogen and oxygen atoms in total. The number of rotatable bonds is 2. The number of hydrogen-bond donors (Lipinski definition) is 0. The molecule has 2 heterocycles. The summed E-state index contributed by atoms with van der Waals surface area (Å²) in [4.78, 5) is 34.2. The van der Waals surface area contributed by atoms with E-state index in [0.717, 1.165) is 0 Å². The zero-order valence-electron chi connectivity index (χ0n) is 9.32. The van der Waals surface area contributed by atoms with Crippen molar-refractivity contribution in [1.82, 2.24) is 0 Å². The van der Waals surface area contributed by atoms with E-state index in [0.29, 0.717) is 19.4 Å². The van der Waals surface area contributed by atoms with Gasteiger partial charge in [-0.3, -0.25) is 14.4 Å². The van der Waals surface area contributed by atoms with Crippen LogP contribution in [0.15, 0.2) is 0 Å². The first-order chi connectivity index (χ1) is 7.44. The second-order valence-corrected chi connectivity index (χ2v) is 4.79. The third kappa shape index (κ3) is 3.81. The van der Waals surface area contributed by atoms with Crippen LogP contribution in [-0.2, 0) is 23.9 Å². The monoisotopic (exact) mass is 290 g/mol. The van der Waals surface area contributed by atoms with Gasteiger partial charge >= 0.3 is 17.9 Å². The highest BCUT2D eigenvalue weighted by Gasteiger charge is 2.49. The first kappa shape index (κ1) is 23.7. The molecule has 0 N–H and O–H groups in total. The molecule has 3 unspecified atom stereocenters. The minimum atomic E-state index is -0.650. The van der Waals surface area contributed by atoms with Gasteiger partial charge < -0.3 is 9.47 Å². The van der Waals surface area contributed by atoms with Crippen LogP contribution in [0.3, 0.4) is 0 Å². The van der Waals surface area contributed by atoms with Crippen LogP contribution in [0.25, 0.3) is 0 Å². The molecule has 2 saturated heterocycles. The van der Waals surface area contributed by atoms with Gasteiger partial charge in [0.15, 0.2) is 0 Å². The van der Waals surface area contributed by atoms with Crippen molar-refractivity contribution in [1.29, 1.82) is 0 Å². The maximum Gasteiger partial charge on any atom is 0.317 e. The fourth-order valence-electron chi connectivity index (χ4n) is 2.21. The van der Waals surface area contributed by atoms with Crippen LogP contribution in [0.1, 0.15) is 56.4 Å². The predicted octanol–water partition coefficient (Wildman–Crippen LogP) is 3.21. The fraction of sp³-hybridized carbons (Fsp3) is 0.800. The zero-order chi connectivity index (χ0) is 11.9. The van der Waals surface area contributed by atoms with Gasteiger partial charge in [-0.2, -0.15) is 0 Å². The Morgan fingerprint density at radius 2 is 1.65 bits per heavy atom. The topological polar surface area (TPSA) is 69.7 Å². The van der Waals surface area contributed by atoms with Crippen molar-refractivity contribution in [2.24, 2.45) is 17.3 Å². The molecular formula is C15H30O5. The molecule has 0 aliphatic carbocycles. The minimum Gasteiger partial charge on any atom is -0.465 e. The standard InChI is InChI=1S/C11H14O5.4CH4/c1-6-7(9(13)16-8(6)12)5-11(2)3-4-15-10(11)14;;;;/h6-7H,3-5H2,1-2H3;4*1H4. The normalized spacial score (nSPS) is 31.0. The third-order valence-electron chi connectivity index (χ3n) is 3.53. The van der Waals surface area contributed by atoms with Gasteiger partial charge in [-0.15, -0.1) is 0 Å². The summed E-state index contributed by atoms with van der Waals surface area (Å²) in [7, 11) is 0. The molecule has 20 heavy (non-hydrogen) atoms. The van der Waals surface area contributed by atoms with Crippen molar-refractivity contribution in [2.45, 2.75) is 56.4 Å². The maximum atomic E-state index is 11.5. The Morgan fingerprint density at radius 1 is 1.10 bits per heavy atom. The molecule has 0 saturated carbocycles. The van der Waals surface area contributed by atoms with Crippen LogP contribution in [0.4, 0.5) is 0 Å². The lowest BCUT2D eigenvalue weighted by atomic mass is 9.76. The molecule has 2 rings (SSSR count). The van der Waals surface area contributed by atoms with Crippen LogP contribution in [0, 0.1) is 17.3 Å². The van der Waals surface area contributed by atoms with Gasteiger partial charge in [0.2, 0.25) is 0 Å². The Morgan fingerprint density at radius 3 is 2.00 bits per heavy atom. The van der Waals surface area contributed by atoms with Crippen LogP contribution >= 0.6 is 0 Å². The first-order valence-electron chi connectivity index (χ1n) is 5.37. The van der Waals surface area contributed by atoms with Crippen molar-refractivity contribution in [3.8, 4) is 0 Å². The highest BCUT2D eigenvalue weighted by atomic mass is 16.6. The Hall–Kier alpha value is -1.39. The maximum absolute atomic E-state index is 11.5. The number of hydrogen-bond acceptors (Lipinski definition) is 5. The minimum absolute atomic E-state index is 0. The zero-order valence-corrected chi connectivity index (χ0v) is 9.32. The van der Waals surface area contributed by atoms with Gasteiger partial charge in [0.1, 0.15) is 0 Å². The molecular weight excluding hydrogens is 260 g/mol. The van der Waals surface area contributed by atoms with Gasteiger partial charge in [0.05, 0.1) is 23.9 Å². The summed E-state index contributed by atoms with van der Waals surface area (Å²) >= 11 is 0. The molecule has 0 amide bonds. The molecule has 0 spiro atoms. The van der Waals surface area contributed by atoms with Crippen molar-refractivity contribution in [3.63, 3.8) is 0 Å². The third-order valence-corrected chi connectivity index (χ3v) is 3.53. The van der Waals surface area contributed by atoms with E-state index in [1.54, 1.807) is 13.8 Å². The largest absolute Gasteiger partial charge is 0.465 e. The van der Waals surface area contributed by atoms with Crippen molar-refractivity contribution in [3.05, 3.63) is 0 Å². The highest BCUT2D eigenvalue weighted by Crippen LogP contribution is 2.40. The summed E-state index contributed by atoms with van der Waals surface area (Å²) in [5.41, 5.74) is -0.650. The molecule has 2 aliphatic rings. The number of ether oxygens (including phenoxy) is 2. The van der Waals surface area contributed by atoms with Gasteiger partial charge in [-0.1, -0.05) is 36.6 Å². The predicted molar refractivity (Wildman–Crippen MR) is 79.0 cm³/mol. The second kappa shape index (κ2) is 8.02. The van der Waals surface area contributed by atoms with Gasteiger partial charge in [0.25, 0.3) is 0 Å². The molecule has 2 aliphatic heterocycles. The lowest BCUT2D eigenvalue weighted by Crippen LogP contribution is -2.29. The lowest BCUT2D eigenvalue weighted by molar-refractivity contribution is -0.154. The molecule has 0 radical (unpaired) electrons. The Bertz CT molecular complexity index is 363. The van der Waals surface area contributed by atoms with E-state index in [2.05, 4.69) is 4.74 Å². The summed E-state index contributed by atoms with van der Waals surface area (Å²) in [5, 5.41) is 0. The van der Waals surface area contributed by atoms with E-state index in [-0.39, 0.29) is 35.7 Å².